The van der Waals surface area contributed by atoms with Crippen LogP contribution in [0.3, 0.4) is 0 Å². The predicted octanol–water partition coefficient (Wildman–Crippen LogP) is 3.67. The van der Waals surface area contributed by atoms with Crippen molar-refractivity contribution in [3.63, 3.8) is 0 Å². The van der Waals surface area contributed by atoms with Gasteiger partial charge >= 0.3 is 6.18 Å². The molecule has 6 nitrogen and oxygen atoms in total. The summed E-state index contributed by atoms with van der Waals surface area (Å²) in [5.41, 5.74) is -0.0670. The molecular weight excluding hydrogens is 359 g/mol. The van der Waals surface area contributed by atoms with Gasteiger partial charge in [0.1, 0.15) is 12.4 Å². The van der Waals surface area contributed by atoms with E-state index in [4.69, 9.17) is 0 Å². The van der Waals surface area contributed by atoms with E-state index in [2.05, 4.69) is 20.4 Å². The van der Waals surface area contributed by atoms with Crippen LogP contribution < -0.4 is 5.32 Å². The van der Waals surface area contributed by atoms with Gasteiger partial charge in [0.2, 0.25) is 5.91 Å². The first-order chi connectivity index (χ1) is 12.8. The van der Waals surface area contributed by atoms with Gasteiger partial charge in [-0.2, -0.15) is 18.3 Å². The second kappa shape index (κ2) is 6.33. The Balaban J connectivity index is 1.73. The first-order valence-electron chi connectivity index (χ1n) is 8.49. The Hall–Kier alpha value is -2.97. The Morgan fingerprint density at radius 3 is 2.74 bits per heavy atom. The molecule has 1 saturated carbocycles. The number of aryl methyl sites for hydroxylation is 1. The summed E-state index contributed by atoms with van der Waals surface area (Å²) in [6, 6.07) is 6.17. The lowest BCUT2D eigenvalue weighted by Crippen LogP contribution is -2.20. The Morgan fingerprint density at radius 2 is 2.11 bits per heavy atom. The fourth-order valence-corrected chi connectivity index (χ4v) is 3.05. The standard InChI is InChI=1S/C18H16F3N5O/c1-10-16-12(18(19,20)21)8-13(11-5-6-11)23-17(16)26(25-10)9-15(27)24-14-4-2-3-7-22-14/h2-4,7-8,11H,5-6,9H2,1H3,(H,22,24,27). The van der Waals surface area contributed by atoms with E-state index in [9.17, 15) is 18.0 Å². The summed E-state index contributed by atoms with van der Waals surface area (Å²) in [7, 11) is 0. The summed E-state index contributed by atoms with van der Waals surface area (Å²) < 4.78 is 41.9. The molecule has 0 spiro atoms. The maximum Gasteiger partial charge on any atom is 0.417 e. The summed E-state index contributed by atoms with van der Waals surface area (Å²) in [5, 5.41) is 6.68. The third kappa shape index (κ3) is 3.49. The van der Waals surface area contributed by atoms with Crippen molar-refractivity contribution in [2.75, 3.05) is 5.32 Å². The van der Waals surface area contributed by atoms with Crippen molar-refractivity contribution in [1.29, 1.82) is 0 Å². The molecule has 3 heterocycles. The lowest BCUT2D eigenvalue weighted by molar-refractivity contribution is -0.136. The summed E-state index contributed by atoms with van der Waals surface area (Å²) in [4.78, 5) is 20.7. The highest BCUT2D eigenvalue weighted by Gasteiger charge is 2.37. The Morgan fingerprint density at radius 1 is 1.33 bits per heavy atom. The molecule has 1 aliphatic rings. The third-order valence-corrected chi connectivity index (χ3v) is 4.42. The zero-order chi connectivity index (χ0) is 19.2. The van der Waals surface area contributed by atoms with Crippen LogP contribution in [0.2, 0.25) is 0 Å². The van der Waals surface area contributed by atoms with E-state index in [0.29, 0.717) is 11.5 Å². The monoisotopic (exact) mass is 375 g/mol. The van der Waals surface area contributed by atoms with Crippen LogP contribution in [0.25, 0.3) is 11.0 Å². The van der Waals surface area contributed by atoms with Crippen LogP contribution in [-0.2, 0) is 17.5 Å². The topological polar surface area (TPSA) is 72.7 Å². The second-order valence-corrected chi connectivity index (χ2v) is 6.57. The third-order valence-electron chi connectivity index (χ3n) is 4.42. The number of anilines is 1. The number of rotatable bonds is 4. The average molecular weight is 375 g/mol. The average Bonchev–Trinajstić information content (AvgIpc) is 3.41. The SMILES string of the molecule is Cc1nn(CC(=O)Nc2ccccn2)c2nc(C3CC3)cc(C(F)(F)F)c12. The fourth-order valence-electron chi connectivity index (χ4n) is 3.05. The number of alkyl halides is 3. The first-order valence-corrected chi connectivity index (χ1v) is 8.49. The van der Waals surface area contributed by atoms with E-state index in [1.54, 1.807) is 18.2 Å². The molecule has 0 atom stereocenters. The molecule has 140 valence electrons. The van der Waals surface area contributed by atoms with Crippen LogP contribution in [0.15, 0.2) is 30.5 Å². The van der Waals surface area contributed by atoms with Gasteiger partial charge in [0, 0.05) is 17.8 Å². The first kappa shape index (κ1) is 17.4. The fraction of sp³-hybridized carbons (Fsp3) is 0.333. The van der Waals surface area contributed by atoms with Gasteiger partial charge in [0.25, 0.3) is 0 Å². The van der Waals surface area contributed by atoms with Gasteiger partial charge < -0.3 is 5.32 Å². The molecule has 1 N–H and O–H groups in total. The van der Waals surface area contributed by atoms with Crippen LogP contribution in [0.5, 0.6) is 0 Å². The molecule has 1 aliphatic carbocycles. The molecule has 0 unspecified atom stereocenters. The van der Waals surface area contributed by atoms with E-state index in [-0.39, 0.29) is 29.2 Å². The van der Waals surface area contributed by atoms with E-state index in [1.807, 2.05) is 0 Å². The Labute approximate surface area is 152 Å². The number of nitrogens with zero attached hydrogens (tertiary/aromatic N) is 4. The minimum Gasteiger partial charge on any atom is -0.309 e. The number of nitrogens with one attached hydrogen (secondary N) is 1. The number of amides is 1. The zero-order valence-corrected chi connectivity index (χ0v) is 14.4. The molecule has 4 rings (SSSR count). The summed E-state index contributed by atoms with van der Waals surface area (Å²) >= 11 is 0. The van der Waals surface area contributed by atoms with Gasteiger partial charge in [-0.3, -0.25) is 4.79 Å². The number of pyridine rings is 2. The van der Waals surface area contributed by atoms with Crippen LogP contribution in [0, 0.1) is 6.92 Å². The van der Waals surface area contributed by atoms with Crippen LogP contribution >= 0.6 is 0 Å². The van der Waals surface area contributed by atoms with Gasteiger partial charge in [-0.1, -0.05) is 6.07 Å². The Kier molecular flexibility index (Phi) is 4.09. The van der Waals surface area contributed by atoms with Crippen LogP contribution in [-0.4, -0.2) is 25.7 Å². The summed E-state index contributed by atoms with van der Waals surface area (Å²) in [6.07, 6.45) is -1.34. The van der Waals surface area contributed by atoms with Crippen LogP contribution in [0.4, 0.5) is 19.0 Å². The summed E-state index contributed by atoms with van der Waals surface area (Å²) in [6.45, 7) is 1.24. The molecule has 1 amide bonds. The number of carbonyl (C=O) groups is 1. The van der Waals surface area contributed by atoms with Crippen molar-refractivity contribution in [3.8, 4) is 0 Å². The second-order valence-electron chi connectivity index (χ2n) is 6.57. The van der Waals surface area contributed by atoms with Crippen molar-refractivity contribution >= 4 is 22.8 Å². The predicted molar refractivity (Wildman–Crippen MR) is 92.1 cm³/mol. The molecule has 27 heavy (non-hydrogen) atoms. The number of aromatic nitrogens is 4. The van der Waals surface area contributed by atoms with Gasteiger partial charge in [0.15, 0.2) is 5.65 Å². The molecule has 3 aromatic rings. The number of fused-ring (bicyclic) bond motifs is 1. The van der Waals surface area contributed by atoms with Gasteiger partial charge in [0.05, 0.1) is 16.6 Å². The number of carbonyl (C=O) groups excluding carboxylic acids is 1. The number of hydrogen-bond donors (Lipinski definition) is 1. The maximum atomic E-state index is 13.6. The van der Waals surface area contributed by atoms with E-state index >= 15 is 0 Å². The smallest absolute Gasteiger partial charge is 0.309 e. The van der Waals surface area contributed by atoms with Crippen molar-refractivity contribution in [1.82, 2.24) is 19.7 Å². The zero-order valence-electron chi connectivity index (χ0n) is 14.4. The van der Waals surface area contributed by atoms with Crippen LogP contribution in [0.1, 0.15) is 35.7 Å². The van der Waals surface area contributed by atoms with E-state index in [1.165, 1.54) is 17.8 Å². The molecule has 0 aromatic carbocycles. The van der Waals surface area contributed by atoms with Crippen molar-refractivity contribution in [2.24, 2.45) is 0 Å². The number of hydrogen-bond acceptors (Lipinski definition) is 4. The van der Waals surface area contributed by atoms with Gasteiger partial charge in [-0.25, -0.2) is 14.6 Å². The molecule has 0 saturated heterocycles. The number of halogens is 3. The molecule has 1 fully saturated rings. The summed E-state index contributed by atoms with van der Waals surface area (Å²) in [5.74, 6) is -0.0370. The van der Waals surface area contributed by atoms with Gasteiger partial charge in [-0.15, -0.1) is 0 Å². The van der Waals surface area contributed by atoms with Gasteiger partial charge in [-0.05, 0) is 38.0 Å². The minimum atomic E-state index is -4.51. The largest absolute Gasteiger partial charge is 0.417 e. The highest BCUT2D eigenvalue weighted by Crippen LogP contribution is 2.43. The lowest BCUT2D eigenvalue weighted by atomic mass is 10.1. The quantitative estimate of drug-likeness (QED) is 0.755. The minimum absolute atomic E-state index is 0.0431. The molecule has 0 bridgehead atoms. The Bertz CT molecular complexity index is 1010. The van der Waals surface area contributed by atoms with Crippen molar-refractivity contribution in [2.45, 2.75) is 38.4 Å². The molecule has 3 aromatic heterocycles. The van der Waals surface area contributed by atoms with Crippen molar-refractivity contribution < 1.29 is 18.0 Å². The maximum absolute atomic E-state index is 13.6. The molecule has 9 heteroatoms. The normalized spacial score (nSPS) is 14.5. The highest BCUT2D eigenvalue weighted by molar-refractivity contribution is 5.91. The van der Waals surface area contributed by atoms with E-state index < -0.39 is 17.6 Å². The highest BCUT2D eigenvalue weighted by atomic mass is 19.4. The molecular formula is C18H16F3N5O. The van der Waals surface area contributed by atoms with Crippen molar-refractivity contribution in [3.05, 3.63) is 47.4 Å². The molecule has 0 aliphatic heterocycles. The van der Waals surface area contributed by atoms with E-state index in [0.717, 1.165) is 18.9 Å². The molecule has 0 radical (unpaired) electrons. The lowest BCUT2D eigenvalue weighted by Gasteiger charge is -2.11.